The van der Waals surface area contributed by atoms with Gasteiger partial charge in [-0.3, -0.25) is 4.79 Å². The van der Waals surface area contributed by atoms with E-state index in [9.17, 15) is 4.79 Å². The number of nitrogens with zero attached hydrogens (tertiary/aromatic N) is 2. The maximum atomic E-state index is 12.1. The lowest BCUT2D eigenvalue weighted by Crippen LogP contribution is -2.39. The van der Waals surface area contributed by atoms with Crippen LogP contribution in [0.3, 0.4) is 0 Å². The van der Waals surface area contributed by atoms with Crippen LogP contribution in [0.4, 0.5) is 0 Å². The maximum absolute atomic E-state index is 12.1. The molecule has 1 N–H and O–H groups in total. The van der Waals surface area contributed by atoms with Gasteiger partial charge in [0.05, 0.1) is 0 Å². The van der Waals surface area contributed by atoms with Crippen LogP contribution in [0, 0.1) is 5.92 Å². The summed E-state index contributed by atoms with van der Waals surface area (Å²) in [5.74, 6) is 0.325. The highest BCUT2D eigenvalue weighted by Gasteiger charge is 2.23. The van der Waals surface area contributed by atoms with Gasteiger partial charge in [0.2, 0.25) is 0 Å². The summed E-state index contributed by atoms with van der Waals surface area (Å²) in [4.78, 5) is 17.8. The number of piperidine rings is 1. The molecule has 0 radical (unpaired) electrons. The van der Waals surface area contributed by atoms with Crippen molar-refractivity contribution in [1.29, 1.82) is 0 Å². The van der Waals surface area contributed by atoms with Crippen molar-refractivity contribution >= 4 is 17.5 Å². The first kappa shape index (κ1) is 12.3. The zero-order valence-corrected chi connectivity index (χ0v) is 10.2. The minimum Gasteiger partial charge on any atom is -0.396 e. The largest absolute Gasteiger partial charge is 0.396 e. The molecule has 2 rings (SSSR count). The lowest BCUT2D eigenvalue weighted by molar-refractivity contribution is 0.0651. The monoisotopic (exact) mass is 254 g/mol. The summed E-state index contributed by atoms with van der Waals surface area (Å²) < 4.78 is 0. The minimum atomic E-state index is -0.00862. The molecule has 1 aromatic heterocycles. The van der Waals surface area contributed by atoms with E-state index in [0.717, 1.165) is 12.8 Å². The molecule has 1 amide bonds. The molecule has 0 aromatic carbocycles. The van der Waals surface area contributed by atoms with Crippen LogP contribution in [0.25, 0.3) is 0 Å². The first-order valence-corrected chi connectivity index (χ1v) is 6.10. The number of likely N-dealkylation sites (tertiary alicyclic amines) is 1. The molecular weight excluding hydrogens is 240 g/mol. The van der Waals surface area contributed by atoms with Gasteiger partial charge in [0.15, 0.2) is 0 Å². The Bertz CT molecular complexity index is 403. The van der Waals surface area contributed by atoms with Crippen molar-refractivity contribution in [3.63, 3.8) is 0 Å². The van der Waals surface area contributed by atoms with Gasteiger partial charge in [-0.2, -0.15) is 0 Å². The molecule has 92 valence electrons. The summed E-state index contributed by atoms with van der Waals surface area (Å²) in [5.41, 5.74) is 0.576. The number of carbonyl (C=O) groups is 1. The molecule has 0 spiro atoms. The summed E-state index contributed by atoms with van der Waals surface area (Å²) in [6.07, 6.45) is 3.26. The van der Waals surface area contributed by atoms with Crippen LogP contribution in [0.15, 0.2) is 18.3 Å². The van der Waals surface area contributed by atoms with Crippen molar-refractivity contribution in [1.82, 2.24) is 9.88 Å². The Morgan fingerprint density at radius 2 is 2.24 bits per heavy atom. The second-order valence-corrected chi connectivity index (χ2v) is 4.67. The summed E-state index contributed by atoms with van der Waals surface area (Å²) in [5, 5.41) is 9.37. The molecule has 5 heteroatoms. The van der Waals surface area contributed by atoms with Gasteiger partial charge in [-0.05, 0) is 30.9 Å². The highest BCUT2D eigenvalue weighted by molar-refractivity contribution is 6.29. The van der Waals surface area contributed by atoms with E-state index in [4.69, 9.17) is 16.7 Å². The van der Waals surface area contributed by atoms with E-state index in [1.165, 1.54) is 6.20 Å². The average Bonchev–Trinajstić information content (AvgIpc) is 2.38. The van der Waals surface area contributed by atoms with Gasteiger partial charge in [-0.15, -0.1) is 0 Å². The Hall–Kier alpha value is -1.13. The summed E-state index contributed by atoms with van der Waals surface area (Å²) in [6.45, 7) is 1.61. The normalized spacial score (nSPS) is 17.2. The summed E-state index contributed by atoms with van der Waals surface area (Å²) in [7, 11) is 0. The summed E-state index contributed by atoms with van der Waals surface area (Å²) >= 11 is 5.76. The van der Waals surface area contributed by atoms with Gasteiger partial charge in [-0.25, -0.2) is 4.98 Å². The number of aliphatic hydroxyl groups excluding tert-OH is 1. The molecule has 0 atom stereocenters. The minimum absolute atomic E-state index is 0.00862. The molecular formula is C12H15ClN2O2. The number of aliphatic hydroxyl groups is 1. The molecule has 1 aromatic rings. The van der Waals surface area contributed by atoms with E-state index in [2.05, 4.69) is 4.98 Å². The molecule has 1 saturated heterocycles. The Morgan fingerprint density at radius 3 is 2.82 bits per heavy atom. The maximum Gasteiger partial charge on any atom is 0.254 e. The van der Waals surface area contributed by atoms with Gasteiger partial charge < -0.3 is 10.0 Å². The molecule has 4 nitrogen and oxygen atoms in total. The van der Waals surface area contributed by atoms with Crippen molar-refractivity contribution in [2.75, 3.05) is 19.7 Å². The van der Waals surface area contributed by atoms with Crippen LogP contribution in [0.2, 0.25) is 5.15 Å². The third-order valence-corrected chi connectivity index (χ3v) is 3.34. The van der Waals surface area contributed by atoms with Crippen LogP contribution in [-0.4, -0.2) is 40.6 Å². The third-order valence-electron chi connectivity index (χ3n) is 3.13. The zero-order valence-electron chi connectivity index (χ0n) is 9.47. The standard InChI is InChI=1S/C12H15ClN2O2/c13-11-7-10(1-4-14-11)12(17)15-5-2-9(8-16)3-6-15/h1,4,7,9,16H,2-3,5-6,8H2. The average molecular weight is 255 g/mol. The molecule has 2 heterocycles. The van der Waals surface area contributed by atoms with Crippen molar-refractivity contribution in [3.8, 4) is 0 Å². The summed E-state index contributed by atoms with van der Waals surface area (Å²) in [6, 6.07) is 3.26. The predicted molar refractivity (Wildman–Crippen MR) is 65.0 cm³/mol. The SMILES string of the molecule is O=C(c1ccnc(Cl)c1)N1CCC(CO)CC1. The fraction of sp³-hybridized carbons (Fsp3) is 0.500. The molecule has 0 bridgehead atoms. The van der Waals surface area contributed by atoms with Crippen LogP contribution >= 0.6 is 11.6 Å². The molecule has 0 aliphatic carbocycles. The first-order valence-electron chi connectivity index (χ1n) is 5.72. The molecule has 1 aliphatic rings. The molecule has 1 aliphatic heterocycles. The molecule has 0 unspecified atom stereocenters. The Kier molecular flexibility index (Phi) is 3.97. The fourth-order valence-corrected chi connectivity index (χ4v) is 2.21. The number of hydrogen-bond donors (Lipinski definition) is 1. The molecule has 0 saturated carbocycles. The van der Waals surface area contributed by atoms with Crippen molar-refractivity contribution in [2.45, 2.75) is 12.8 Å². The van der Waals surface area contributed by atoms with Crippen molar-refractivity contribution in [3.05, 3.63) is 29.0 Å². The van der Waals surface area contributed by atoms with Gasteiger partial charge in [0.1, 0.15) is 5.15 Å². The van der Waals surface area contributed by atoms with Gasteiger partial charge >= 0.3 is 0 Å². The second kappa shape index (κ2) is 5.47. The Balaban J connectivity index is 2.02. The third kappa shape index (κ3) is 2.96. The number of pyridine rings is 1. The molecule has 17 heavy (non-hydrogen) atoms. The second-order valence-electron chi connectivity index (χ2n) is 4.29. The topological polar surface area (TPSA) is 53.4 Å². The first-order chi connectivity index (χ1) is 8.20. The molecule has 1 fully saturated rings. The smallest absolute Gasteiger partial charge is 0.254 e. The van der Waals surface area contributed by atoms with Crippen LogP contribution < -0.4 is 0 Å². The number of carbonyl (C=O) groups excluding carboxylic acids is 1. The number of hydrogen-bond acceptors (Lipinski definition) is 3. The number of halogens is 1. The van der Waals surface area contributed by atoms with Gasteiger partial charge in [-0.1, -0.05) is 11.6 Å². The van der Waals surface area contributed by atoms with Crippen molar-refractivity contribution in [2.24, 2.45) is 5.92 Å². The van der Waals surface area contributed by atoms with Crippen LogP contribution in [0.1, 0.15) is 23.2 Å². The van der Waals surface area contributed by atoms with E-state index in [0.29, 0.717) is 29.7 Å². The van der Waals surface area contributed by atoms with Gasteiger partial charge in [0.25, 0.3) is 5.91 Å². The van der Waals surface area contributed by atoms with E-state index >= 15 is 0 Å². The number of amides is 1. The van der Waals surface area contributed by atoms with E-state index in [1.54, 1.807) is 17.0 Å². The van der Waals surface area contributed by atoms with Crippen molar-refractivity contribution < 1.29 is 9.90 Å². The van der Waals surface area contributed by atoms with Crippen LogP contribution in [0.5, 0.6) is 0 Å². The lowest BCUT2D eigenvalue weighted by Gasteiger charge is -2.31. The number of rotatable bonds is 2. The Labute approximate surface area is 105 Å². The highest BCUT2D eigenvalue weighted by atomic mass is 35.5. The number of aromatic nitrogens is 1. The Morgan fingerprint density at radius 1 is 1.53 bits per heavy atom. The predicted octanol–water partition coefficient (Wildman–Crippen LogP) is 1.58. The zero-order chi connectivity index (χ0) is 12.3. The van der Waals surface area contributed by atoms with Gasteiger partial charge in [0, 0.05) is 31.5 Å². The highest BCUT2D eigenvalue weighted by Crippen LogP contribution is 2.19. The van der Waals surface area contributed by atoms with E-state index in [1.807, 2.05) is 0 Å². The van der Waals surface area contributed by atoms with Crippen LogP contribution in [-0.2, 0) is 0 Å². The van der Waals surface area contributed by atoms with E-state index < -0.39 is 0 Å². The fourth-order valence-electron chi connectivity index (χ4n) is 2.04. The van der Waals surface area contributed by atoms with E-state index in [-0.39, 0.29) is 12.5 Å². The quantitative estimate of drug-likeness (QED) is 0.816. The lowest BCUT2D eigenvalue weighted by atomic mass is 9.97.